The minimum absolute atomic E-state index is 0.0518. The molecule has 0 saturated carbocycles. The number of ether oxygens (including phenoxy) is 1. The molecule has 0 spiro atoms. The molecular weight excluding hydrogens is 336 g/mol. The lowest BCUT2D eigenvalue weighted by Crippen LogP contribution is -2.28. The summed E-state index contributed by atoms with van der Waals surface area (Å²) in [6.45, 7) is 9.43. The van der Waals surface area contributed by atoms with Crippen molar-refractivity contribution >= 4 is 34.4 Å². The fourth-order valence-electron chi connectivity index (χ4n) is 1.55. The highest BCUT2D eigenvalue weighted by Gasteiger charge is 2.29. The number of aromatic nitrogens is 1. The van der Waals surface area contributed by atoms with E-state index in [9.17, 15) is 14.5 Å². The molecule has 0 aliphatic rings. The van der Waals surface area contributed by atoms with Gasteiger partial charge >= 0.3 is 5.97 Å². The first-order chi connectivity index (χ1) is 10.6. The van der Waals surface area contributed by atoms with Gasteiger partial charge in [-0.15, -0.1) is 11.3 Å². The molecule has 1 heterocycles. The van der Waals surface area contributed by atoms with E-state index in [1.54, 1.807) is 5.38 Å². The van der Waals surface area contributed by atoms with Crippen LogP contribution >= 0.6 is 11.3 Å². The molecule has 0 aliphatic heterocycles. The zero-order chi connectivity index (χ0) is 17.8. The van der Waals surface area contributed by atoms with Crippen molar-refractivity contribution in [3.05, 3.63) is 16.1 Å². The molecule has 8 heteroatoms. The van der Waals surface area contributed by atoms with Gasteiger partial charge in [-0.2, -0.15) is 0 Å². The summed E-state index contributed by atoms with van der Waals surface area (Å²) in [6.07, 6.45) is -0.662. The first-order valence-corrected chi connectivity index (χ1v) is 9.26. The van der Waals surface area contributed by atoms with Gasteiger partial charge in [-0.25, -0.2) is 9.78 Å². The summed E-state index contributed by atoms with van der Waals surface area (Å²) in [5.74, 6) is -0.484. The maximum Gasteiger partial charge on any atom is 0.357 e. The molecule has 0 fully saturated rings. The molecule has 0 aromatic carbocycles. The van der Waals surface area contributed by atoms with Gasteiger partial charge in [0.15, 0.2) is 5.69 Å². The van der Waals surface area contributed by atoms with E-state index in [0.717, 1.165) is 0 Å². The average Bonchev–Trinajstić information content (AvgIpc) is 2.94. The van der Waals surface area contributed by atoms with Gasteiger partial charge in [0.1, 0.15) is 27.2 Å². The molecule has 1 rings (SSSR count). The Balaban J connectivity index is 2.90. The predicted molar refractivity (Wildman–Crippen MR) is 93.2 cm³/mol. The number of aliphatic hydroxyl groups excluding tert-OH is 1. The highest BCUT2D eigenvalue weighted by atomic mass is 32.2. The molecule has 0 aliphatic carbocycles. The van der Waals surface area contributed by atoms with E-state index in [0.29, 0.717) is 10.7 Å². The molecule has 0 bridgehead atoms. The zero-order valence-electron chi connectivity index (χ0n) is 14.3. The van der Waals surface area contributed by atoms with Crippen molar-refractivity contribution in [2.75, 3.05) is 7.11 Å². The molecule has 0 saturated heterocycles. The van der Waals surface area contributed by atoms with Gasteiger partial charge in [-0.3, -0.25) is 0 Å². The van der Waals surface area contributed by atoms with E-state index >= 15 is 0 Å². The molecule has 1 N–H and O–H groups in total. The molecule has 1 aromatic heterocycles. The summed E-state index contributed by atoms with van der Waals surface area (Å²) in [7, 11) is 1.28. The third-order valence-corrected chi connectivity index (χ3v) is 5.39. The Bertz CT molecular complexity index is 564. The van der Waals surface area contributed by atoms with Crippen LogP contribution in [0.5, 0.6) is 0 Å². The molecule has 0 amide bonds. The van der Waals surface area contributed by atoms with Crippen molar-refractivity contribution in [1.29, 1.82) is 0 Å². The highest BCUT2D eigenvalue weighted by molar-refractivity contribution is 7.91. The smallest absolute Gasteiger partial charge is 0.357 e. The number of carbonyl (C=O) groups excluding carboxylic acids is 1. The first-order valence-electron chi connectivity index (χ1n) is 7.27. The van der Waals surface area contributed by atoms with Crippen LogP contribution in [0.25, 0.3) is 0 Å². The van der Waals surface area contributed by atoms with Crippen LogP contribution in [0, 0.1) is 5.92 Å². The van der Waals surface area contributed by atoms with Gasteiger partial charge in [-0.1, -0.05) is 18.2 Å². The van der Waals surface area contributed by atoms with E-state index in [-0.39, 0.29) is 18.0 Å². The largest absolute Gasteiger partial charge is 0.591 e. The maximum absolute atomic E-state index is 12.2. The summed E-state index contributed by atoms with van der Waals surface area (Å²) in [6, 6.07) is 0. The van der Waals surface area contributed by atoms with E-state index in [1.807, 2.05) is 34.6 Å². The fraction of sp³-hybridized carbons (Fsp3) is 0.667. The standard InChI is InChI=1S/C15H24N2O4S2/c1-9(2)10(17-23(20)15(3,4)5)7-12(18)13-16-11(8-22-13)14(19)21-6/h8-9,12,18H,7H2,1-6H3/t12-,23+/m1/s1. The van der Waals surface area contributed by atoms with E-state index in [1.165, 1.54) is 18.4 Å². The molecule has 130 valence electrons. The summed E-state index contributed by atoms with van der Waals surface area (Å²) in [5, 5.41) is 12.3. The topological polar surface area (TPSA) is 94.8 Å². The molecule has 2 atom stereocenters. The second-order valence-corrected chi connectivity index (χ2v) is 9.18. The van der Waals surface area contributed by atoms with Crippen molar-refractivity contribution in [1.82, 2.24) is 4.98 Å². The predicted octanol–water partition coefficient (Wildman–Crippen LogP) is 2.91. The number of rotatable bonds is 6. The Morgan fingerprint density at radius 2 is 2.13 bits per heavy atom. The van der Waals surface area contributed by atoms with Gasteiger partial charge in [0.05, 0.1) is 12.8 Å². The lowest BCUT2D eigenvalue weighted by molar-refractivity contribution is 0.0594. The maximum atomic E-state index is 12.2. The van der Waals surface area contributed by atoms with Crippen LogP contribution in [0.4, 0.5) is 0 Å². The summed E-state index contributed by atoms with van der Waals surface area (Å²) in [5.41, 5.74) is 0.841. The van der Waals surface area contributed by atoms with Crippen molar-refractivity contribution in [2.24, 2.45) is 10.3 Å². The normalized spacial score (nSPS) is 15.6. The Hall–Kier alpha value is -0.960. The highest BCUT2D eigenvalue weighted by Crippen LogP contribution is 2.25. The number of methoxy groups -OCH3 is 1. The Morgan fingerprint density at radius 3 is 2.61 bits per heavy atom. The Labute approximate surface area is 144 Å². The lowest BCUT2D eigenvalue weighted by Gasteiger charge is -2.21. The first kappa shape index (κ1) is 20.1. The van der Waals surface area contributed by atoms with Gasteiger partial charge in [0, 0.05) is 11.8 Å². The number of thiazole rings is 1. The van der Waals surface area contributed by atoms with Crippen molar-refractivity contribution < 1.29 is 19.2 Å². The number of carbonyl (C=O) groups is 1. The van der Waals surface area contributed by atoms with E-state index in [2.05, 4.69) is 14.1 Å². The van der Waals surface area contributed by atoms with E-state index < -0.39 is 28.2 Å². The van der Waals surface area contributed by atoms with Crippen molar-refractivity contribution in [3.8, 4) is 0 Å². The van der Waals surface area contributed by atoms with Crippen LogP contribution in [-0.2, 0) is 16.1 Å². The lowest BCUT2D eigenvalue weighted by atomic mass is 10.0. The average molecular weight is 361 g/mol. The van der Waals surface area contributed by atoms with Crippen LogP contribution in [0.1, 0.15) is 62.6 Å². The number of esters is 1. The van der Waals surface area contributed by atoms with Gasteiger partial charge in [-0.05, 0) is 26.7 Å². The number of aliphatic hydroxyl groups is 1. The van der Waals surface area contributed by atoms with Crippen molar-refractivity contribution in [3.63, 3.8) is 0 Å². The van der Waals surface area contributed by atoms with Gasteiger partial charge < -0.3 is 14.4 Å². The van der Waals surface area contributed by atoms with Crippen LogP contribution in [0.15, 0.2) is 9.78 Å². The third kappa shape index (κ3) is 5.87. The van der Waals surface area contributed by atoms with Gasteiger partial charge in [0.2, 0.25) is 0 Å². The minimum Gasteiger partial charge on any atom is -0.591 e. The number of hydrogen-bond acceptors (Lipinski definition) is 7. The second kappa shape index (κ2) is 8.23. The van der Waals surface area contributed by atoms with Crippen LogP contribution in [0.3, 0.4) is 0 Å². The van der Waals surface area contributed by atoms with Gasteiger partial charge in [0.25, 0.3) is 0 Å². The Morgan fingerprint density at radius 1 is 1.52 bits per heavy atom. The Kier molecular flexibility index (Phi) is 7.19. The molecule has 23 heavy (non-hydrogen) atoms. The van der Waals surface area contributed by atoms with E-state index in [4.69, 9.17) is 0 Å². The van der Waals surface area contributed by atoms with Crippen LogP contribution in [0.2, 0.25) is 0 Å². The number of hydrogen-bond donors (Lipinski definition) is 1. The van der Waals surface area contributed by atoms with Crippen LogP contribution in [-0.4, -0.2) is 38.2 Å². The zero-order valence-corrected chi connectivity index (χ0v) is 16.0. The van der Waals surface area contributed by atoms with Crippen molar-refractivity contribution in [2.45, 2.75) is 51.9 Å². The summed E-state index contributed by atoms with van der Waals surface area (Å²) in [4.78, 5) is 15.5. The third-order valence-electron chi connectivity index (χ3n) is 2.99. The fourth-order valence-corrected chi connectivity index (χ4v) is 3.09. The molecular formula is C15H24N2O4S2. The molecule has 1 aromatic rings. The summed E-state index contributed by atoms with van der Waals surface area (Å²) >= 11 is -0.192. The minimum atomic E-state index is -1.38. The monoisotopic (exact) mass is 360 g/mol. The van der Waals surface area contributed by atoms with Crippen LogP contribution < -0.4 is 0 Å². The quantitative estimate of drug-likeness (QED) is 0.478. The molecule has 6 nitrogen and oxygen atoms in total. The number of nitrogens with zero attached hydrogens (tertiary/aromatic N) is 2. The SMILES string of the molecule is COC(=O)c1csc([C@H](O)CC(=N[S@@+]([O-])C(C)(C)C)C(C)C)n1. The molecule has 0 unspecified atom stereocenters. The second-order valence-electron chi connectivity index (χ2n) is 6.38. The molecule has 0 radical (unpaired) electrons. The summed E-state index contributed by atoms with van der Waals surface area (Å²) < 4.78 is 20.6.